The second-order valence-electron chi connectivity index (χ2n) is 4.31. The van der Waals surface area contributed by atoms with E-state index in [0.29, 0.717) is 0 Å². The van der Waals surface area contributed by atoms with Crippen molar-refractivity contribution in [1.82, 2.24) is 0 Å². The maximum Gasteiger partial charge on any atom is 0.264 e. The predicted molar refractivity (Wildman–Crippen MR) is 64.6 cm³/mol. The summed E-state index contributed by atoms with van der Waals surface area (Å²) < 4.78 is 36.8. The fourth-order valence-corrected chi connectivity index (χ4v) is 2.25. The summed E-state index contributed by atoms with van der Waals surface area (Å²) >= 11 is 0. The third-order valence-corrected chi connectivity index (χ3v) is 3.47. The van der Waals surface area contributed by atoms with Crippen LogP contribution in [-0.4, -0.2) is 58.0 Å². The lowest BCUT2D eigenvalue weighted by molar-refractivity contribution is -0.241. The van der Waals surface area contributed by atoms with Crippen LogP contribution in [0.25, 0.3) is 10.4 Å². The number of azide groups is 1. The highest BCUT2D eigenvalue weighted by Crippen LogP contribution is 2.29. The Morgan fingerprint density at radius 1 is 1.53 bits per heavy atom. The van der Waals surface area contributed by atoms with Gasteiger partial charge in [0.2, 0.25) is 0 Å². The van der Waals surface area contributed by atoms with Gasteiger partial charge in [-0.15, -0.1) is 0 Å². The fourth-order valence-electron chi connectivity index (χ4n) is 1.86. The molecule has 5 atom stereocenters. The third kappa shape index (κ3) is 4.30. The molecule has 1 fully saturated rings. The number of hydrogen-bond donors (Lipinski definition) is 1. The molecule has 0 saturated carbocycles. The Morgan fingerprint density at radius 3 is 2.63 bits per heavy atom. The molecule has 110 valence electrons. The Bertz CT molecular complexity index is 447. The predicted octanol–water partition coefficient (Wildman–Crippen LogP) is 0.00980. The highest BCUT2D eigenvalue weighted by Gasteiger charge is 2.43. The quantitative estimate of drug-likeness (QED) is 0.329. The SMILES string of the molecule is CO[C@@H]1OC(COS(C)(=O)=O)[C@H](O)C(C)[C@H]1N=[N+]=[N-]. The average molecular weight is 295 g/mol. The molecular weight excluding hydrogens is 278 g/mol. The fraction of sp³-hybridized carbons (Fsp3) is 1.00. The molecule has 1 aliphatic heterocycles. The average Bonchev–Trinajstić information content (AvgIpc) is 2.33. The summed E-state index contributed by atoms with van der Waals surface area (Å²) in [5.74, 6) is -0.456. The van der Waals surface area contributed by atoms with Gasteiger partial charge < -0.3 is 14.6 Å². The Labute approximate surface area is 111 Å². The van der Waals surface area contributed by atoms with Crippen LogP contribution in [-0.2, 0) is 23.8 Å². The van der Waals surface area contributed by atoms with Crippen LogP contribution in [0.5, 0.6) is 0 Å². The number of nitrogens with zero attached hydrogens (tertiary/aromatic N) is 3. The van der Waals surface area contributed by atoms with Crippen molar-refractivity contribution in [2.75, 3.05) is 20.0 Å². The van der Waals surface area contributed by atoms with E-state index < -0.39 is 40.6 Å². The maximum absolute atomic E-state index is 10.9. The van der Waals surface area contributed by atoms with Crippen molar-refractivity contribution in [1.29, 1.82) is 0 Å². The zero-order valence-corrected chi connectivity index (χ0v) is 11.6. The van der Waals surface area contributed by atoms with Crippen LogP contribution < -0.4 is 0 Å². The van der Waals surface area contributed by atoms with Gasteiger partial charge in [0.25, 0.3) is 10.1 Å². The first-order valence-electron chi connectivity index (χ1n) is 5.55. The van der Waals surface area contributed by atoms with Crippen LogP contribution in [0, 0.1) is 5.92 Å². The summed E-state index contributed by atoms with van der Waals surface area (Å²) in [5, 5.41) is 13.5. The summed E-state index contributed by atoms with van der Waals surface area (Å²) in [6, 6.07) is -0.695. The summed E-state index contributed by atoms with van der Waals surface area (Å²) in [6.45, 7) is 1.33. The molecule has 2 unspecified atom stereocenters. The van der Waals surface area contributed by atoms with E-state index in [1.807, 2.05) is 0 Å². The molecule has 10 heteroatoms. The first-order valence-corrected chi connectivity index (χ1v) is 7.36. The summed E-state index contributed by atoms with van der Waals surface area (Å²) in [7, 11) is -2.26. The van der Waals surface area contributed by atoms with Crippen LogP contribution in [0.4, 0.5) is 0 Å². The Morgan fingerprint density at radius 2 is 2.16 bits per heavy atom. The monoisotopic (exact) mass is 295 g/mol. The standard InChI is InChI=1S/C9H17N3O6S/c1-5-7(11-12-10)9(16-2)18-6(8(5)13)4-17-19(3,14)15/h5-9,13H,4H2,1-3H3/t5?,6?,7-,8-,9-/m1/s1. The molecule has 1 aliphatic rings. The van der Waals surface area contributed by atoms with Gasteiger partial charge in [-0.1, -0.05) is 12.0 Å². The molecule has 0 aromatic heterocycles. The van der Waals surface area contributed by atoms with E-state index in [1.54, 1.807) is 6.92 Å². The zero-order chi connectivity index (χ0) is 14.6. The number of aliphatic hydroxyl groups is 1. The van der Waals surface area contributed by atoms with Crippen LogP contribution >= 0.6 is 0 Å². The molecule has 1 saturated heterocycles. The van der Waals surface area contributed by atoms with E-state index in [0.717, 1.165) is 6.26 Å². The summed E-state index contributed by atoms with van der Waals surface area (Å²) in [6.07, 6.45) is -1.85. The highest BCUT2D eigenvalue weighted by molar-refractivity contribution is 7.85. The summed E-state index contributed by atoms with van der Waals surface area (Å²) in [5.41, 5.74) is 8.47. The topological polar surface area (TPSA) is 131 Å². The molecule has 1 rings (SSSR count). The van der Waals surface area contributed by atoms with Crippen molar-refractivity contribution < 1.29 is 27.2 Å². The van der Waals surface area contributed by atoms with Crippen molar-refractivity contribution in [2.24, 2.45) is 11.0 Å². The Balaban J connectivity index is 2.79. The Kier molecular flexibility index (Phi) is 5.53. The second-order valence-corrected chi connectivity index (χ2v) is 5.96. The van der Waals surface area contributed by atoms with E-state index in [4.69, 9.17) is 15.0 Å². The van der Waals surface area contributed by atoms with Gasteiger partial charge in [0.15, 0.2) is 6.29 Å². The minimum absolute atomic E-state index is 0.326. The van der Waals surface area contributed by atoms with Crippen LogP contribution in [0.2, 0.25) is 0 Å². The van der Waals surface area contributed by atoms with Crippen molar-refractivity contribution in [3.05, 3.63) is 10.4 Å². The van der Waals surface area contributed by atoms with E-state index in [1.165, 1.54) is 7.11 Å². The molecule has 0 spiro atoms. The number of ether oxygens (including phenoxy) is 2. The molecular formula is C9H17N3O6S. The van der Waals surface area contributed by atoms with Gasteiger partial charge in [-0.2, -0.15) is 8.42 Å². The van der Waals surface area contributed by atoms with Crippen LogP contribution in [0.1, 0.15) is 6.92 Å². The van der Waals surface area contributed by atoms with Gasteiger partial charge in [-0.05, 0) is 11.4 Å². The van der Waals surface area contributed by atoms with Gasteiger partial charge in [-0.3, -0.25) is 4.18 Å². The molecule has 0 bridgehead atoms. The first-order chi connectivity index (χ1) is 8.80. The van der Waals surface area contributed by atoms with Crippen molar-refractivity contribution in [2.45, 2.75) is 31.5 Å². The van der Waals surface area contributed by atoms with Crippen molar-refractivity contribution in [3.8, 4) is 0 Å². The third-order valence-electron chi connectivity index (χ3n) is 2.91. The van der Waals surface area contributed by atoms with Gasteiger partial charge >= 0.3 is 0 Å². The molecule has 1 heterocycles. The van der Waals surface area contributed by atoms with Crippen molar-refractivity contribution in [3.63, 3.8) is 0 Å². The van der Waals surface area contributed by atoms with Gasteiger partial charge in [0, 0.05) is 12.0 Å². The lowest BCUT2D eigenvalue weighted by Crippen LogP contribution is -2.54. The van der Waals surface area contributed by atoms with E-state index in [-0.39, 0.29) is 6.61 Å². The number of aliphatic hydroxyl groups excluding tert-OH is 1. The van der Waals surface area contributed by atoms with Gasteiger partial charge in [0.05, 0.1) is 25.0 Å². The lowest BCUT2D eigenvalue weighted by Gasteiger charge is -2.40. The van der Waals surface area contributed by atoms with E-state index in [2.05, 4.69) is 14.2 Å². The van der Waals surface area contributed by atoms with Crippen LogP contribution in [0.3, 0.4) is 0 Å². The molecule has 0 aromatic rings. The second kappa shape index (κ2) is 6.51. The zero-order valence-electron chi connectivity index (χ0n) is 10.8. The molecule has 19 heavy (non-hydrogen) atoms. The largest absolute Gasteiger partial charge is 0.390 e. The number of methoxy groups -OCH3 is 1. The van der Waals surface area contributed by atoms with E-state index in [9.17, 15) is 13.5 Å². The number of hydrogen-bond acceptors (Lipinski definition) is 7. The molecule has 0 aromatic carbocycles. The smallest absolute Gasteiger partial charge is 0.264 e. The number of rotatable bonds is 5. The minimum Gasteiger partial charge on any atom is -0.390 e. The molecule has 1 N–H and O–H groups in total. The Hall–Kier alpha value is -0.900. The maximum atomic E-state index is 10.9. The molecule has 9 nitrogen and oxygen atoms in total. The lowest BCUT2D eigenvalue weighted by atomic mass is 9.89. The van der Waals surface area contributed by atoms with E-state index >= 15 is 0 Å². The minimum atomic E-state index is -3.63. The van der Waals surface area contributed by atoms with Crippen molar-refractivity contribution >= 4 is 10.1 Å². The molecule has 0 amide bonds. The summed E-state index contributed by atoms with van der Waals surface area (Å²) in [4.78, 5) is 2.68. The van der Waals surface area contributed by atoms with Crippen LogP contribution in [0.15, 0.2) is 5.11 Å². The molecule has 0 aliphatic carbocycles. The highest BCUT2D eigenvalue weighted by atomic mass is 32.2. The normalized spacial score (nSPS) is 35.7. The van der Waals surface area contributed by atoms with Gasteiger partial charge in [0.1, 0.15) is 6.10 Å². The molecule has 0 radical (unpaired) electrons. The van der Waals surface area contributed by atoms with Gasteiger partial charge in [-0.25, -0.2) is 0 Å². The first kappa shape index (κ1) is 16.2.